The zero-order chi connectivity index (χ0) is 18.3. The summed E-state index contributed by atoms with van der Waals surface area (Å²) >= 11 is 0. The first-order valence-corrected chi connectivity index (χ1v) is 8.94. The summed E-state index contributed by atoms with van der Waals surface area (Å²) in [6.45, 7) is 1.66. The van der Waals surface area contributed by atoms with Gasteiger partial charge >= 0.3 is 5.97 Å². The fourth-order valence-corrected chi connectivity index (χ4v) is 3.93. The maximum Gasteiger partial charge on any atom is 0.335 e. The highest BCUT2D eigenvalue weighted by Crippen LogP contribution is 2.31. The van der Waals surface area contributed by atoms with Crippen molar-refractivity contribution in [1.82, 2.24) is 20.4 Å². The summed E-state index contributed by atoms with van der Waals surface area (Å²) < 4.78 is 0. The van der Waals surface area contributed by atoms with E-state index in [1.54, 1.807) is 12.1 Å². The maximum absolute atomic E-state index is 12.9. The Morgan fingerprint density at radius 1 is 1.35 bits per heavy atom. The first kappa shape index (κ1) is 16.8. The molecule has 2 heterocycles. The van der Waals surface area contributed by atoms with Crippen LogP contribution in [0.5, 0.6) is 0 Å². The van der Waals surface area contributed by atoms with E-state index in [1.807, 2.05) is 13.1 Å². The van der Waals surface area contributed by atoms with Crippen LogP contribution in [0.15, 0.2) is 18.2 Å². The van der Waals surface area contributed by atoms with Crippen molar-refractivity contribution in [3.8, 4) is 0 Å². The third-order valence-electron chi connectivity index (χ3n) is 5.35. The number of H-pyrrole nitrogens is 1. The van der Waals surface area contributed by atoms with E-state index in [1.165, 1.54) is 0 Å². The molecule has 1 atom stereocenters. The lowest BCUT2D eigenvalue weighted by molar-refractivity contribution is 0.0696. The second kappa shape index (κ2) is 6.57. The minimum atomic E-state index is -0.951. The van der Waals surface area contributed by atoms with Gasteiger partial charge in [0.05, 0.1) is 11.6 Å². The number of nitrogens with zero attached hydrogens (tertiary/aromatic N) is 2. The van der Waals surface area contributed by atoms with E-state index in [4.69, 9.17) is 0 Å². The van der Waals surface area contributed by atoms with Gasteiger partial charge in [0.15, 0.2) is 5.69 Å². The van der Waals surface area contributed by atoms with E-state index in [0.717, 1.165) is 54.6 Å². The van der Waals surface area contributed by atoms with Crippen molar-refractivity contribution in [2.24, 2.45) is 0 Å². The number of hydrogen-bond donors (Lipinski definition) is 3. The average Bonchev–Trinajstić information content (AvgIpc) is 3.04. The minimum Gasteiger partial charge on any atom is -0.478 e. The summed E-state index contributed by atoms with van der Waals surface area (Å²) in [6.07, 6.45) is 3.53. The molecule has 1 unspecified atom stereocenters. The van der Waals surface area contributed by atoms with Crippen molar-refractivity contribution in [3.05, 3.63) is 51.8 Å². The lowest BCUT2D eigenvalue weighted by atomic mass is 9.86. The number of aromatic nitrogens is 2. The Bertz CT molecular complexity index is 874. The predicted molar refractivity (Wildman–Crippen MR) is 95.2 cm³/mol. The highest BCUT2D eigenvalue weighted by molar-refractivity contribution is 5.94. The monoisotopic (exact) mass is 354 g/mol. The minimum absolute atomic E-state index is 0.181. The molecule has 0 bridgehead atoms. The summed E-state index contributed by atoms with van der Waals surface area (Å²) in [5, 5.41) is 19.6. The number of carboxylic acid groups (broad SMARTS) is 1. The van der Waals surface area contributed by atoms with Crippen LogP contribution in [0.3, 0.4) is 0 Å². The second-order valence-electron chi connectivity index (χ2n) is 7.15. The van der Waals surface area contributed by atoms with Gasteiger partial charge in [-0.3, -0.25) is 9.89 Å². The van der Waals surface area contributed by atoms with Crippen molar-refractivity contribution in [2.45, 2.75) is 38.3 Å². The second-order valence-corrected chi connectivity index (χ2v) is 7.15. The van der Waals surface area contributed by atoms with Gasteiger partial charge < -0.3 is 15.3 Å². The van der Waals surface area contributed by atoms with E-state index in [0.29, 0.717) is 12.2 Å². The largest absolute Gasteiger partial charge is 0.478 e. The number of hydrogen-bond acceptors (Lipinski definition) is 4. The van der Waals surface area contributed by atoms with Gasteiger partial charge in [-0.1, -0.05) is 6.07 Å². The normalized spacial score (nSPS) is 19.5. The van der Waals surface area contributed by atoms with Crippen LogP contribution in [0.2, 0.25) is 0 Å². The molecule has 0 saturated carbocycles. The number of nitrogens with one attached hydrogen (secondary N) is 2. The zero-order valence-corrected chi connectivity index (χ0v) is 14.7. The lowest BCUT2D eigenvalue weighted by Crippen LogP contribution is -2.33. The van der Waals surface area contributed by atoms with Gasteiger partial charge in [0, 0.05) is 30.8 Å². The van der Waals surface area contributed by atoms with E-state index in [-0.39, 0.29) is 17.5 Å². The van der Waals surface area contributed by atoms with Gasteiger partial charge in [0.2, 0.25) is 0 Å². The fraction of sp³-hybridized carbons (Fsp3) is 0.421. The van der Waals surface area contributed by atoms with Gasteiger partial charge in [-0.15, -0.1) is 0 Å². The van der Waals surface area contributed by atoms with Crippen LogP contribution < -0.4 is 5.32 Å². The molecule has 26 heavy (non-hydrogen) atoms. The number of aromatic carboxylic acids is 1. The summed E-state index contributed by atoms with van der Waals surface area (Å²) in [5.74, 6) is -1.15. The number of carbonyl (C=O) groups excluding carboxylic acids is 1. The van der Waals surface area contributed by atoms with Crippen LogP contribution in [0, 0.1) is 0 Å². The average molecular weight is 354 g/mol. The molecule has 7 heteroatoms. The molecule has 1 aromatic carbocycles. The number of aryl methyl sites for hydroxylation is 1. The molecule has 0 saturated heterocycles. The molecule has 1 aliphatic carbocycles. The molecule has 136 valence electrons. The number of aromatic amines is 1. The standard InChI is InChI=1S/C19H22N4O3/c1-23-8-7-16-14(10-23)17(22-21-16)18(24)20-15-4-2-3-11-5-6-12(19(25)26)9-13(11)15/h5-6,9,15H,2-4,7-8,10H2,1H3,(H,20,24)(H,21,22)(H,25,26). The smallest absolute Gasteiger partial charge is 0.335 e. The van der Waals surface area contributed by atoms with Crippen LogP contribution in [0.25, 0.3) is 0 Å². The Balaban J connectivity index is 1.59. The Morgan fingerprint density at radius 3 is 3.00 bits per heavy atom. The molecular weight excluding hydrogens is 332 g/mol. The number of amides is 1. The number of rotatable bonds is 3. The first-order valence-electron chi connectivity index (χ1n) is 8.94. The van der Waals surface area contributed by atoms with Gasteiger partial charge in [-0.2, -0.15) is 5.10 Å². The van der Waals surface area contributed by atoms with Crippen molar-refractivity contribution in [1.29, 1.82) is 0 Å². The van der Waals surface area contributed by atoms with E-state index in [2.05, 4.69) is 20.4 Å². The van der Waals surface area contributed by atoms with Crippen LogP contribution in [0.4, 0.5) is 0 Å². The number of carboxylic acids is 1. The van der Waals surface area contributed by atoms with Crippen molar-refractivity contribution >= 4 is 11.9 Å². The molecule has 2 aromatic rings. The zero-order valence-electron chi connectivity index (χ0n) is 14.7. The number of benzene rings is 1. The predicted octanol–water partition coefficient (Wildman–Crippen LogP) is 1.90. The molecule has 1 amide bonds. The number of carbonyl (C=O) groups is 2. The molecule has 7 nitrogen and oxygen atoms in total. The molecule has 3 N–H and O–H groups in total. The topological polar surface area (TPSA) is 98.3 Å². The third-order valence-corrected chi connectivity index (χ3v) is 5.35. The first-order chi connectivity index (χ1) is 12.5. The van der Waals surface area contributed by atoms with Crippen LogP contribution in [0.1, 0.15) is 62.1 Å². The van der Waals surface area contributed by atoms with Crippen molar-refractivity contribution in [3.63, 3.8) is 0 Å². The maximum atomic E-state index is 12.9. The van der Waals surface area contributed by atoms with Crippen LogP contribution in [-0.4, -0.2) is 45.7 Å². The third kappa shape index (κ3) is 2.99. The van der Waals surface area contributed by atoms with Crippen molar-refractivity contribution < 1.29 is 14.7 Å². The summed E-state index contributed by atoms with van der Waals surface area (Å²) in [6, 6.07) is 5.00. The van der Waals surface area contributed by atoms with Gasteiger partial charge in [0.1, 0.15) is 0 Å². The van der Waals surface area contributed by atoms with E-state index < -0.39 is 5.97 Å². The number of fused-ring (bicyclic) bond motifs is 2. The molecule has 0 spiro atoms. The Hall–Kier alpha value is -2.67. The van der Waals surface area contributed by atoms with Crippen LogP contribution >= 0.6 is 0 Å². The highest BCUT2D eigenvalue weighted by atomic mass is 16.4. The number of likely N-dealkylation sites (N-methyl/N-ethyl adjacent to an activating group) is 1. The van der Waals surface area contributed by atoms with Gasteiger partial charge in [0.25, 0.3) is 5.91 Å². The SMILES string of the molecule is CN1CCc2[nH]nc(C(=O)NC3CCCc4ccc(C(=O)O)cc43)c2C1. The molecule has 0 radical (unpaired) electrons. The van der Waals surface area contributed by atoms with Crippen LogP contribution in [-0.2, 0) is 19.4 Å². The molecule has 0 fully saturated rings. The Labute approximate surface area is 151 Å². The summed E-state index contributed by atoms with van der Waals surface area (Å²) in [5.41, 5.74) is 4.72. The Morgan fingerprint density at radius 2 is 2.19 bits per heavy atom. The quantitative estimate of drug-likeness (QED) is 0.782. The lowest BCUT2D eigenvalue weighted by Gasteiger charge is -2.27. The summed E-state index contributed by atoms with van der Waals surface area (Å²) in [4.78, 5) is 26.3. The van der Waals surface area contributed by atoms with E-state index >= 15 is 0 Å². The fourth-order valence-electron chi connectivity index (χ4n) is 3.93. The Kier molecular flexibility index (Phi) is 4.24. The summed E-state index contributed by atoms with van der Waals surface area (Å²) in [7, 11) is 2.03. The van der Waals surface area contributed by atoms with Gasteiger partial charge in [-0.25, -0.2) is 4.79 Å². The molecule has 1 aromatic heterocycles. The molecule has 1 aliphatic heterocycles. The molecular formula is C19H22N4O3. The highest BCUT2D eigenvalue weighted by Gasteiger charge is 2.28. The van der Waals surface area contributed by atoms with Crippen molar-refractivity contribution in [2.75, 3.05) is 13.6 Å². The van der Waals surface area contributed by atoms with Gasteiger partial charge in [-0.05, 0) is 49.6 Å². The molecule has 4 rings (SSSR count). The molecule has 2 aliphatic rings. The van der Waals surface area contributed by atoms with E-state index in [9.17, 15) is 14.7 Å².